The zero-order valence-electron chi connectivity index (χ0n) is 11.9. The Bertz CT molecular complexity index is 642. The average molecular weight is 307 g/mol. The predicted octanol–water partition coefficient (Wildman–Crippen LogP) is 2.42. The maximum Gasteiger partial charge on any atom is 0.287 e. The Kier molecular flexibility index (Phi) is 5.36. The number of aryl methyl sites for hydroxylation is 1. The first kappa shape index (κ1) is 15.5. The summed E-state index contributed by atoms with van der Waals surface area (Å²) in [5, 5.41) is 7.32. The second-order valence-electron chi connectivity index (χ2n) is 4.73. The number of nitrogens with two attached hydrogens (primary N) is 1. The molecule has 0 saturated heterocycles. The minimum atomic E-state index is -0.281. The Hall–Kier alpha value is -1.85. The average Bonchev–Trinajstić information content (AvgIpc) is 2.52. The van der Waals surface area contributed by atoms with Crippen LogP contribution >= 0.6 is 11.6 Å². The summed E-state index contributed by atoms with van der Waals surface area (Å²) in [6, 6.07) is 9.84. The Morgan fingerprint density at radius 1 is 1.38 bits per heavy atom. The molecule has 1 atom stereocenters. The zero-order valence-corrected chi connectivity index (χ0v) is 12.7. The van der Waals surface area contributed by atoms with Gasteiger partial charge in [-0.25, -0.2) is 4.68 Å². The maximum atomic E-state index is 11.8. The van der Waals surface area contributed by atoms with E-state index in [4.69, 9.17) is 17.3 Å². The number of aromatic nitrogens is 2. The van der Waals surface area contributed by atoms with Crippen LogP contribution in [0.1, 0.15) is 24.9 Å². The summed E-state index contributed by atoms with van der Waals surface area (Å²) in [4.78, 5) is 11.8. The fourth-order valence-electron chi connectivity index (χ4n) is 2.04. The number of anilines is 1. The molecule has 0 aliphatic heterocycles. The second-order valence-corrected chi connectivity index (χ2v) is 5.10. The Labute approximate surface area is 128 Å². The van der Waals surface area contributed by atoms with E-state index in [0.717, 1.165) is 12.0 Å². The highest BCUT2D eigenvalue weighted by atomic mass is 35.5. The summed E-state index contributed by atoms with van der Waals surface area (Å²) in [7, 11) is 0. The van der Waals surface area contributed by atoms with Crippen LogP contribution in [0.4, 0.5) is 5.69 Å². The largest absolute Gasteiger partial charge is 0.382 e. The summed E-state index contributed by atoms with van der Waals surface area (Å²) >= 11 is 6.04. The summed E-state index contributed by atoms with van der Waals surface area (Å²) in [6.45, 7) is 2.96. The molecule has 6 heteroatoms. The van der Waals surface area contributed by atoms with E-state index in [1.807, 2.05) is 37.3 Å². The third kappa shape index (κ3) is 3.83. The van der Waals surface area contributed by atoms with Crippen molar-refractivity contribution < 1.29 is 0 Å². The molecule has 0 aliphatic carbocycles. The molecule has 0 bridgehead atoms. The first-order chi connectivity index (χ1) is 10.1. The van der Waals surface area contributed by atoms with E-state index in [9.17, 15) is 4.79 Å². The molecular formula is C15H19ClN4O. The molecule has 0 spiro atoms. The molecule has 0 fully saturated rings. The molecule has 112 valence electrons. The third-order valence-corrected chi connectivity index (χ3v) is 3.65. The Morgan fingerprint density at radius 2 is 2.10 bits per heavy atom. The van der Waals surface area contributed by atoms with Crippen LogP contribution in [0.2, 0.25) is 5.02 Å². The highest BCUT2D eigenvalue weighted by molar-refractivity contribution is 6.32. The van der Waals surface area contributed by atoms with Crippen LogP contribution < -0.4 is 16.6 Å². The van der Waals surface area contributed by atoms with Gasteiger partial charge in [-0.2, -0.15) is 5.10 Å². The topological polar surface area (TPSA) is 72.9 Å². The molecule has 0 radical (unpaired) electrons. The molecule has 0 aliphatic rings. The number of hydrogen-bond donors (Lipinski definition) is 2. The van der Waals surface area contributed by atoms with Crippen molar-refractivity contribution in [3.8, 4) is 0 Å². The molecular weight excluding hydrogens is 288 g/mol. The van der Waals surface area contributed by atoms with E-state index in [2.05, 4.69) is 10.4 Å². The molecule has 1 aromatic carbocycles. The first-order valence-electron chi connectivity index (χ1n) is 6.93. The van der Waals surface area contributed by atoms with E-state index >= 15 is 0 Å². The lowest BCUT2D eigenvalue weighted by Gasteiger charge is -2.14. The van der Waals surface area contributed by atoms with Gasteiger partial charge in [0.15, 0.2) is 0 Å². The predicted molar refractivity (Wildman–Crippen MR) is 85.7 cm³/mol. The van der Waals surface area contributed by atoms with Crippen LogP contribution in [0.5, 0.6) is 0 Å². The van der Waals surface area contributed by atoms with Crippen LogP contribution in [0.3, 0.4) is 0 Å². The first-order valence-corrected chi connectivity index (χ1v) is 7.31. The second kappa shape index (κ2) is 7.24. The standard InChI is InChI=1S/C15H19ClN4O/c1-2-20-15(21)14(16)13(10-19-20)18-9-8-12(17)11-6-4-3-5-7-11/h3-7,10,12,18H,2,8-9,17H2,1H3. The number of halogens is 1. The molecule has 21 heavy (non-hydrogen) atoms. The van der Waals surface area contributed by atoms with Gasteiger partial charge in [-0.05, 0) is 18.9 Å². The van der Waals surface area contributed by atoms with E-state index < -0.39 is 0 Å². The van der Waals surface area contributed by atoms with Gasteiger partial charge in [0.05, 0.1) is 11.9 Å². The SMILES string of the molecule is CCn1ncc(NCCC(N)c2ccccc2)c(Cl)c1=O. The third-order valence-electron chi connectivity index (χ3n) is 3.28. The fourth-order valence-corrected chi connectivity index (χ4v) is 2.26. The zero-order chi connectivity index (χ0) is 15.2. The quantitative estimate of drug-likeness (QED) is 0.859. The van der Waals surface area contributed by atoms with Gasteiger partial charge in [0.2, 0.25) is 0 Å². The molecule has 0 amide bonds. The molecule has 0 saturated carbocycles. The van der Waals surface area contributed by atoms with E-state index in [1.54, 1.807) is 6.20 Å². The minimum absolute atomic E-state index is 0.0542. The van der Waals surface area contributed by atoms with Gasteiger partial charge in [0.1, 0.15) is 5.02 Å². The lowest BCUT2D eigenvalue weighted by Crippen LogP contribution is -2.24. The lowest BCUT2D eigenvalue weighted by molar-refractivity contribution is 0.615. The fraction of sp³-hybridized carbons (Fsp3) is 0.333. The van der Waals surface area contributed by atoms with Gasteiger partial charge in [0, 0.05) is 19.1 Å². The molecule has 1 unspecified atom stereocenters. The summed E-state index contributed by atoms with van der Waals surface area (Å²) < 4.78 is 1.32. The molecule has 3 N–H and O–H groups in total. The Morgan fingerprint density at radius 3 is 2.76 bits per heavy atom. The van der Waals surface area contributed by atoms with Crippen molar-refractivity contribution in [2.75, 3.05) is 11.9 Å². The highest BCUT2D eigenvalue weighted by Gasteiger charge is 2.09. The highest BCUT2D eigenvalue weighted by Crippen LogP contribution is 2.17. The summed E-state index contributed by atoms with van der Waals surface area (Å²) in [5.41, 5.74) is 7.47. The van der Waals surface area contributed by atoms with Gasteiger partial charge >= 0.3 is 0 Å². The van der Waals surface area contributed by atoms with Gasteiger partial charge in [-0.1, -0.05) is 41.9 Å². The normalized spacial score (nSPS) is 12.1. The monoisotopic (exact) mass is 306 g/mol. The Balaban J connectivity index is 1.95. The van der Waals surface area contributed by atoms with Crippen molar-refractivity contribution >= 4 is 17.3 Å². The molecule has 5 nitrogen and oxygen atoms in total. The number of hydrogen-bond acceptors (Lipinski definition) is 4. The maximum absolute atomic E-state index is 11.8. The number of nitrogens with zero attached hydrogens (tertiary/aromatic N) is 2. The van der Waals surface area contributed by atoms with Crippen molar-refractivity contribution in [1.82, 2.24) is 9.78 Å². The smallest absolute Gasteiger partial charge is 0.287 e. The van der Waals surface area contributed by atoms with E-state index in [0.29, 0.717) is 18.8 Å². The van der Waals surface area contributed by atoms with Crippen molar-refractivity contribution in [2.45, 2.75) is 25.9 Å². The van der Waals surface area contributed by atoms with Crippen molar-refractivity contribution in [1.29, 1.82) is 0 Å². The molecule has 2 aromatic rings. The van der Waals surface area contributed by atoms with Crippen LogP contribution in [-0.4, -0.2) is 16.3 Å². The van der Waals surface area contributed by atoms with Crippen LogP contribution in [0.15, 0.2) is 41.3 Å². The van der Waals surface area contributed by atoms with Gasteiger partial charge in [-0.15, -0.1) is 0 Å². The van der Waals surface area contributed by atoms with Gasteiger partial charge in [-0.3, -0.25) is 4.79 Å². The molecule has 1 heterocycles. The minimum Gasteiger partial charge on any atom is -0.382 e. The van der Waals surface area contributed by atoms with Crippen molar-refractivity contribution in [3.63, 3.8) is 0 Å². The lowest BCUT2D eigenvalue weighted by atomic mass is 10.1. The van der Waals surface area contributed by atoms with Crippen LogP contribution in [0, 0.1) is 0 Å². The summed E-state index contributed by atoms with van der Waals surface area (Å²) in [5.74, 6) is 0. The van der Waals surface area contributed by atoms with Crippen LogP contribution in [0.25, 0.3) is 0 Å². The number of nitrogens with one attached hydrogen (secondary N) is 1. The molecule has 2 rings (SSSR count). The molecule has 1 aromatic heterocycles. The van der Waals surface area contributed by atoms with Gasteiger partial charge < -0.3 is 11.1 Å². The van der Waals surface area contributed by atoms with Crippen LogP contribution in [-0.2, 0) is 6.54 Å². The van der Waals surface area contributed by atoms with Crippen molar-refractivity contribution in [2.24, 2.45) is 5.73 Å². The van der Waals surface area contributed by atoms with Gasteiger partial charge in [0.25, 0.3) is 5.56 Å². The van der Waals surface area contributed by atoms with E-state index in [1.165, 1.54) is 4.68 Å². The summed E-state index contributed by atoms with van der Waals surface area (Å²) in [6.07, 6.45) is 2.30. The number of benzene rings is 1. The number of rotatable bonds is 6. The van der Waals surface area contributed by atoms with Crippen molar-refractivity contribution in [3.05, 3.63) is 57.5 Å². The van der Waals surface area contributed by atoms with E-state index in [-0.39, 0.29) is 16.6 Å².